The predicted molar refractivity (Wildman–Crippen MR) is 88.6 cm³/mol. The van der Waals surface area contributed by atoms with Crippen LogP contribution in [0.25, 0.3) is 5.57 Å². The highest BCUT2D eigenvalue weighted by molar-refractivity contribution is 5.97. The van der Waals surface area contributed by atoms with Crippen molar-refractivity contribution in [3.05, 3.63) is 64.9 Å². The highest BCUT2D eigenvalue weighted by Crippen LogP contribution is 2.38. The lowest BCUT2D eigenvalue weighted by atomic mass is 9.89. The highest BCUT2D eigenvalue weighted by Gasteiger charge is 2.37. The number of halogens is 3. The number of hydrogen-bond acceptors (Lipinski definition) is 2. The van der Waals surface area contributed by atoms with E-state index >= 15 is 0 Å². The van der Waals surface area contributed by atoms with Crippen molar-refractivity contribution in [1.29, 1.82) is 0 Å². The molecule has 1 aromatic rings. The highest BCUT2D eigenvalue weighted by atomic mass is 19.4. The number of carboxylic acid groups (broad SMARTS) is 1. The van der Waals surface area contributed by atoms with E-state index in [0.29, 0.717) is 5.56 Å². The molecule has 0 heterocycles. The zero-order valence-corrected chi connectivity index (χ0v) is 13.7. The fourth-order valence-corrected chi connectivity index (χ4v) is 2.18. The van der Waals surface area contributed by atoms with Crippen molar-refractivity contribution in [2.75, 3.05) is 0 Å². The molecule has 24 heavy (non-hydrogen) atoms. The maximum Gasteiger partial charge on any atom is 0.417 e. The van der Waals surface area contributed by atoms with E-state index in [-0.39, 0.29) is 17.1 Å². The number of aromatic carboxylic acids is 1. The average Bonchev–Trinajstić information content (AvgIpc) is 2.49. The van der Waals surface area contributed by atoms with Gasteiger partial charge < -0.3 is 10.8 Å². The fraction of sp³-hybridized carbons (Fsp3) is 0.278. The predicted octanol–water partition coefficient (Wildman–Crippen LogP) is 4.96. The van der Waals surface area contributed by atoms with Crippen molar-refractivity contribution in [3.8, 4) is 0 Å². The number of nitrogens with two attached hydrogens (primary N) is 1. The summed E-state index contributed by atoms with van der Waals surface area (Å²) in [6.07, 6.45) is 2.78. The van der Waals surface area contributed by atoms with Gasteiger partial charge in [-0.1, -0.05) is 38.2 Å². The molecular formula is C18H20F3NO2. The molecule has 130 valence electrons. The van der Waals surface area contributed by atoms with Crippen molar-refractivity contribution in [1.82, 2.24) is 0 Å². The van der Waals surface area contributed by atoms with Gasteiger partial charge in [0.05, 0.1) is 11.1 Å². The van der Waals surface area contributed by atoms with Crippen LogP contribution in [0, 0.1) is 0 Å². The number of benzene rings is 1. The first kappa shape index (κ1) is 19.5. The van der Waals surface area contributed by atoms with Gasteiger partial charge in [-0.15, -0.1) is 0 Å². The second-order valence-electron chi connectivity index (χ2n) is 5.46. The van der Waals surface area contributed by atoms with Gasteiger partial charge >= 0.3 is 12.1 Å². The smallest absolute Gasteiger partial charge is 0.417 e. The minimum atomic E-state index is -4.78. The van der Waals surface area contributed by atoms with Gasteiger partial charge in [0.15, 0.2) is 0 Å². The summed E-state index contributed by atoms with van der Waals surface area (Å²) in [5.41, 5.74) is 4.11. The maximum absolute atomic E-state index is 13.4. The number of carboxylic acids is 1. The fourth-order valence-electron chi connectivity index (χ4n) is 2.18. The Balaban J connectivity index is 3.79. The lowest BCUT2D eigenvalue weighted by Gasteiger charge is -2.18. The van der Waals surface area contributed by atoms with Gasteiger partial charge in [0.1, 0.15) is 0 Å². The Morgan fingerprint density at radius 3 is 2.29 bits per heavy atom. The molecule has 0 unspecified atom stereocenters. The Morgan fingerprint density at radius 2 is 1.88 bits per heavy atom. The summed E-state index contributed by atoms with van der Waals surface area (Å²) in [4.78, 5) is 11.5. The molecule has 0 aromatic heterocycles. The van der Waals surface area contributed by atoms with E-state index in [1.165, 1.54) is 12.1 Å². The third-order valence-corrected chi connectivity index (χ3v) is 3.42. The van der Waals surface area contributed by atoms with Crippen LogP contribution < -0.4 is 5.73 Å². The second kappa shape index (κ2) is 7.86. The van der Waals surface area contributed by atoms with E-state index in [0.717, 1.165) is 12.3 Å². The van der Waals surface area contributed by atoms with Gasteiger partial charge in [-0.05, 0) is 41.7 Å². The van der Waals surface area contributed by atoms with Gasteiger partial charge in [0.25, 0.3) is 0 Å². The van der Waals surface area contributed by atoms with E-state index in [9.17, 15) is 23.1 Å². The van der Waals surface area contributed by atoms with Crippen LogP contribution in [0.3, 0.4) is 0 Å². The summed E-state index contributed by atoms with van der Waals surface area (Å²) in [5.74, 6) is -1.85. The van der Waals surface area contributed by atoms with Crippen LogP contribution >= 0.6 is 0 Å². The minimum Gasteiger partial charge on any atom is -0.478 e. The van der Waals surface area contributed by atoms with Crippen LogP contribution in [0.2, 0.25) is 0 Å². The van der Waals surface area contributed by atoms with Crippen LogP contribution in [0.1, 0.15) is 53.7 Å². The monoisotopic (exact) mass is 339 g/mol. The molecule has 1 aromatic carbocycles. The molecule has 0 fully saturated rings. The quantitative estimate of drug-likeness (QED) is 0.745. The molecule has 0 amide bonds. The Morgan fingerprint density at radius 1 is 1.25 bits per heavy atom. The molecule has 0 saturated carbocycles. The van der Waals surface area contributed by atoms with Crippen LogP contribution in [-0.2, 0) is 6.18 Å². The Kier molecular flexibility index (Phi) is 6.40. The van der Waals surface area contributed by atoms with Crippen LogP contribution in [0.4, 0.5) is 13.2 Å². The summed E-state index contributed by atoms with van der Waals surface area (Å²) >= 11 is 0. The topological polar surface area (TPSA) is 63.3 Å². The van der Waals surface area contributed by atoms with Crippen molar-refractivity contribution < 1.29 is 23.1 Å². The number of rotatable bonds is 5. The van der Waals surface area contributed by atoms with Gasteiger partial charge in [-0.3, -0.25) is 0 Å². The Hall–Kier alpha value is -2.50. The molecule has 0 saturated heterocycles. The van der Waals surface area contributed by atoms with Gasteiger partial charge in [-0.2, -0.15) is 13.2 Å². The zero-order chi connectivity index (χ0) is 18.5. The molecule has 0 aliphatic carbocycles. The molecular weight excluding hydrogens is 319 g/mol. The number of hydrogen-bond donors (Lipinski definition) is 2. The molecule has 3 nitrogen and oxygen atoms in total. The lowest BCUT2D eigenvalue weighted by Crippen LogP contribution is -2.16. The average molecular weight is 339 g/mol. The molecule has 1 rings (SSSR count). The summed E-state index contributed by atoms with van der Waals surface area (Å²) in [6, 6.07) is 2.34. The molecule has 3 N–H and O–H groups in total. The third-order valence-electron chi connectivity index (χ3n) is 3.42. The zero-order valence-electron chi connectivity index (χ0n) is 13.7. The van der Waals surface area contributed by atoms with E-state index in [1.54, 1.807) is 39.0 Å². The van der Waals surface area contributed by atoms with Crippen molar-refractivity contribution in [2.45, 2.75) is 32.9 Å². The normalized spacial score (nSPS) is 13.4. The van der Waals surface area contributed by atoms with Crippen molar-refractivity contribution in [2.24, 2.45) is 5.73 Å². The standard InChI is InChI=1S/C18H20F3NO2/c1-4-5-6-7-12(10-22)14-8-13(11(2)3)9-15(18(19,20)21)16(14)17(23)24/h4-11H,22H2,1-3H3,(H,23,24)/b5-4-,7-6-,12-10+. The van der Waals surface area contributed by atoms with Gasteiger partial charge in [0, 0.05) is 6.20 Å². The van der Waals surface area contributed by atoms with E-state index in [4.69, 9.17) is 5.73 Å². The van der Waals surface area contributed by atoms with E-state index < -0.39 is 23.3 Å². The minimum absolute atomic E-state index is 0.0516. The largest absolute Gasteiger partial charge is 0.478 e. The molecule has 0 bridgehead atoms. The summed E-state index contributed by atoms with van der Waals surface area (Å²) in [7, 11) is 0. The molecule has 6 heteroatoms. The molecule has 0 aliphatic rings. The number of carbonyl (C=O) groups is 1. The van der Waals surface area contributed by atoms with E-state index in [2.05, 4.69) is 0 Å². The Bertz CT molecular complexity index is 699. The van der Waals surface area contributed by atoms with Crippen molar-refractivity contribution >= 4 is 11.5 Å². The van der Waals surface area contributed by atoms with Crippen molar-refractivity contribution in [3.63, 3.8) is 0 Å². The lowest BCUT2D eigenvalue weighted by molar-refractivity contribution is -0.138. The molecule has 0 spiro atoms. The SMILES string of the molecule is C\C=C/C=C\C(=C/N)c1cc(C(C)C)cc(C(F)(F)F)c1C(=O)O. The van der Waals surface area contributed by atoms with Crippen LogP contribution in [0.5, 0.6) is 0 Å². The summed E-state index contributed by atoms with van der Waals surface area (Å²) in [5, 5.41) is 9.35. The van der Waals surface area contributed by atoms with Gasteiger partial charge in [-0.25, -0.2) is 4.79 Å². The van der Waals surface area contributed by atoms with E-state index in [1.807, 2.05) is 0 Å². The maximum atomic E-state index is 13.4. The first-order chi connectivity index (χ1) is 11.1. The van der Waals surface area contributed by atoms with Gasteiger partial charge in [0.2, 0.25) is 0 Å². The summed E-state index contributed by atoms with van der Waals surface area (Å²) in [6.45, 7) is 5.25. The van der Waals surface area contributed by atoms with Crippen LogP contribution in [-0.4, -0.2) is 11.1 Å². The number of allylic oxidation sites excluding steroid dienone is 5. The molecule has 0 aliphatic heterocycles. The number of alkyl halides is 3. The van der Waals surface area contributed by atoms with Crippen LogP contribution in [0.15, 0.2) is 42.6 Å². The molecule has 0 radical (unpaired) electrons. The molecule has 0 atom stereocenters. The summed E-state index contributed by atoms with van der Waals surface area (Å²) < 4.78 is 40.1. The second-order valence-corrected chi connectivity index (χ2v) is 5.46. The Labute approximate surface area is 139 Å². The first-order valence-electron chi connectivity index (χ1n) is 7.33. The first-order valence-corrected chi connectivity index (χ1v) is 7.33. The third kappa shape index (κ3) is 4.50.